The number of rotatable bonds is 3. The van der Waals surface area contributed by atoms with Gasteiger partial charge in [0, 0.05) is 44.1 Å². The van der Waals surface area contributed by atoms with Crippen molar-refractivity contribution in [2.75, 3.05) is 31.1 Å². The first-order valence-electron chi connectivity index (χ1n) is 8.51. The SMILES string of the molecule is O=C(c1cnccn1)N1CCN(c2ccc(-c3ccccc3)nn2)CC1. The molecular formula is C19H18N6O. The van der Waals surface area contributed by atoms with Crippen LogP contribution in [0.15, 0.2) is 61.1 Å². The third-order valence-electron chi connectivity index (χ3n) is 4.39. The lowest BCUT2D eigenvalue weighted by molar-refractivity contribution is 0.0740. The van der Waals surface area contributed by atoms with E-state index in [4.69, 9.17) is 0 Å². The largest absolute Gasteiger partial charge is 0.352 e. The third kappa shape index (κ3) is 3.37. The van der Waals surface area contributed by atoms with Gasteiger partial charge >= 0.3 is 0 Å². The zero-order chi connectivity index (χ0) is 17.8. The number of aromatic nitrogens is 4. The Kier molecular flexibility index (Phi) is 4.51. The Balaban J connectivity index is 1.40. The molecule has 4 rings (SSSR count). The fourth-order valence-electron chi connectivity index (χ4n) is 2.97. The Morgan fingerprint density at radius 3 is 2.35 bits per heavy atom. The zero-order valence-corrected chi connectivity index (χ0v) is 14.2. The van der Waals surface area contributed by atoms with Crippen LogP contribution in [-0.2, 0) is 0 Å². The monoisotopic (exact) mass is 346 g/mol. The van der Waals surface area contributed by atoms with Gasteiger partial charge in [-0.05, 0) is 12.1 Å². The Morgan fingerprint density at radius 1 is 0.885 bits per heavy atom. The van der Waals surface area contributed by atoms with E-state index in [1.165, 1.54) is 12.4 Å². The molecule has 0 saturated carbocycles. The average molecular weight is 346 g/mol. The van der Waals surface area contributed by atoms with Gasteiger partial charge in [0.25, 0.3) is 5.91 Å². The van der Waals surface area contributed by atoms with Gasteiger partial charge in [-0.3, -0.25) is 9.78 Å². The van der Waals surface area contributed by atoms with E-state index in [2.05, 4.69) is 25.1 Å². The van der Waals surface area contributed by atoms with E-state index >= 15 is 0 Å². The van der Waals surface area contributed by atoms with Crippen LogP contribution in [0.4, 0.5) is 5.82 Å². The molecule has 7 nitrogen and oxygen atoms in total. The molecule has 1 saturated heterocycles. The van der Waals surface area contributed by atoms with Gasteiger partial charge in [0.15, 0.2) is 5.82 Å². The van der Waals surface area contributed by atoms with Crippen LogP contribution in [0.3, 0.4) is 0 Å². The summed E-state index contributed by atoms with van der Waals surface area (Å²) in [6, 6.07) is 13.9. The van der Waals surface area contributed by atoms with Crippen LogP contribution in [-0.4, -0.2) is 57.2 Å². The highest BCUT2D eigenvalue weighted by molar-refractivity contribution is 5.92. The fraction of sp³-hybridized carbons (Fsp3) is 0.211. The van der Waals surface area contributed by atoms with Crippen LogP contribution in [0, 0.1) is 0 Å². The first-order valence-corrected chi connectivity index (χ1v) is 8.51. The highest BCUT2D eigenvalue weighted by Gasteiger charge is 2.23. The first-order chi connectivity index (χ1) is 12.8. The molecule has 0 bridgehead atoms. The standard InChI is InChI=1S/C19H18N6O/c26-19(17-14-20-8-9-21-17)25-12-10-24(11-13-25)18-7-6-16(22-23-18)15-4-2-1-3-5-15/h1-9,14H,10-13H2. The van der Waals surface area contributed by atoms with Crippen LogP contribution in [0.2, 0.25) is 0 Å². The summed E-state index contributed by atoms with van der Waals surface area (Å²) in [5, 5.41) is 8.69. The second-order valence-corrected chi connectivity index (χ2v) is 6.01. The van der Waals surface area contributed by atoms with Gasteiger partial charge in [-0.1, -0.05) is 30.3 Å². The molecule has 0 radical (unpaired) electrons. The lowest BCUT2D eigenvalue weighted by Crippen LogP contribution is -2.49. The van der Waals surface area contributed by atoms with E-state index < -0.39 is 0 Å². The van der Waals surface area contributed by atoms with Gasteiger partial charge in [-0.2, -0.15) is 0 Å². The predicted octanol–water partition coefficient (Wildman–Crippen LogP) is 1.90. The van der Waals surface area contributed by atoms with E-state index in [1.807, 2.05) is 42.5 Å². The van der Waals surface area contributed by atoms with Gasteiger partial charge in [0.2, 0.25) is 0 Å². The smallest absolute Gasteiger partial charge is 0.274 e. The van der Waals surface area contributed by atoms with Crippen molar-refractivity contribution in [3.8, 4) is 11.3 Å². The minimum absolute atomic E-state index is 0.0803. The quantitative estimate of drug-likeness (QED) is 0.721. The lowest BCUT2D eigenvalue weighted by atomic mass is 10.1. The lowest BCUT2D eigenvalue weighted by Gasteiger charge is -2.34. The molecule has 26 heavy (non-hydrogen) atoms. The first kappa shape index (κ1) is 16.1. The second kappa shape index (κ2) is 7.26. The van der Waals surface area contributed by atoms with Gasteiger partial charge in [-0.25, -0.2) is 4.98 Å². The van der Waals surface area contributed by atoms with Crippen molar-refractivity contribution in [2.24, 2.45) is 0 Å². The summed E-state index contributed by atoms with van der Waals surface area (Å²) in [6.45, 7) is 2.67. The molecule has 0 spiro atoms. The molecule has 0 N–H and O–H groups in total. The molecule has 2 aromatic heterocycles. The number of carbonyl (C=O) groups excluding carboxylic acids is 1. The van der Waals surface area contributed by atoms with Crippen molar-refractivity contribution in [1.29, 1.82) is 0 Å². The van der Waals surface area contributed by atoms with E-state index in [1.54, 1.807) is 11.1 Å². The minimum Gasteiger partial charge on any atom is -0.352 e. The topological polar surface area (TPSA) is 75.1 Å². The highest BCUT2D eigenvalue weighted by atomic mass is 16.2. The summed E-state index contributed by atoms with van der Waals surface area (Å²) in [4.78, 5) is 24.4. The molecule has 1 aliphatic heterocycles. The van der Waals surface area contributed by atoms with E-state index in [0.717, 1.165) is 17.1 Å². The molecule has 3 heterocycles. The van der Waals surface area contributed by atoms with Gasteiger partial charge in [0.05, 0.1) is 11.9 Å². The Labute approximate surface area is 151 Å². The number of amides is 1. The summed E-state index contributed by atoms with van der Waals surface area (Å²) in [5.41, 5.74) is 2.28. The molecule has 1 aliphatic rings. The molecule has 0 unspecified atom stereocenters. The van der Waals surface area contributed by atoms with Crippen molar-refractivity contribution in [3.63, 3.8) is 0 Å². The zero-order valence-electron chi connectivity index (χ0n) is 14.2. The maximum absolute atomic E-state index is 12.4. The second-order valence-electron chi connectivity index (χ2n) is 6.01. The number of benzene rings is 1. The predicted molar refractivity (Wildman–Crippen MR) is 97.6 cm³/mol. The fourth-order valence-corrected chi connectivity index (χ4v) is 2.97. The summed E-state index contributed by atoms with van der Waals surface area (Å²) in [6.07, 6.45) is 4.60. The minimum atomic E-state index is -0.0803. The summed E-state index contributed by atoms with van der Waals surface area (Å²) < 4.78 is 0. The van der Waals surface area contributed by atoms with E-state index in [-0.39, 0.29) is 5.91 Å². The maximum Gasteiger partial charge on any atom is 0.274 e. The third-order valence-corrected chi connectivity index (χ3v) is 4.39. The number of piperazine rings is 1. The number of nitrogens with zero attached hydrogens (tertiary/aromatic N) is 6. The van der Waals surface area contributed by atoms with Crippen LogP contribution < -0.4 is 4.90 Å². The molecule has 130 valence electrons. The molecular weight excluding hydrogens is 328 g/mol. The molecule has 1 amide bonds. The molecule has 7 heteroatoms. The Bertz CT molecular complexity index is 862. The van der Waals surface area contributed by atoms with E-state index in [9.17, 15) is 4.79 Å². The summed E-state index contributed by atoms with van der Waals surface area (Å²) >= 11 is 0. The summed E-state index contributed by atoms with van der Waals surface area (Å²) in [5.74, 6) is 0.750. The van der Waals surface area contributed by atoms with Crippen LogP contribution >= 0.6 is 0 Å². The van der Waals surface area contributed by atoms with Crippen molar-refractivity contribution in [2.45, 2.75) is 0 Å². The number of anilines is 1. The van der Waals surface area contributed by atoms with Crippen LogP contribution in [0.5, 0.6) is 0 Å². The van der Waals surface area contributed by atoms with Crippen LogP contribution in [0.25, 0.3) is 11.3 Å². The molecule has 1 fully saturated rings. The van der Waals surface area contributed by atoms with Crippen molar-refractivity contribution in [3.05, 3.63) is 66.7 Å². The van der Waals surface area contributed by atoms with Crippen molar-refractivity contribution < 1.29 is 4.79 Å². The molecule has 3 aromatic rings. The highest BCUT2D eigenvalue weighted by Crippen LogP contribution is 2.19. The van der Waals surface area contributed by atoms with E-state index in [0.29, 0.717) is 31.9 Å². The molecule has 0 aliphatic carbocycles. The van der Waals surface area contributed by atoms with Gasteiger partial charge < -0.3 is 9.80 Å². The van der Waals surface area contributed by atoms with Crippen molar-refractivity contribution in [1.82, 2.24) is 25.1 Å². The normalized spacial score (nSPS) is 14.3. The summed E-state index contributed by atoms with van der Waals surface area (Å²) in [7, 11) is 0. The Morgan fingerprint density at radius 2 is 1.69 bits per heavy atom. The van der Waals surface area contributed by atoms with Gasteiger partial charge in [-0.15, -0.1) is 10.2 Å². The maximum atomic E-state index is 12.4. The Hall–Kier alpha value is -3.35. The van der Waals surface area contributed by atoms with Crippen LogP contribution in [0.1, 0.15) is 10.5 Å². The number of carbonyl (C=O) groups is 1. The number of hydrogen-bond donors (Lipinski definition) is 0. The number of hydrogen-bond acceptors (Lipinski definition) is 6. The molecule has 1 aromatic carbocycles. The van der Waals surface area contributed by atoms with Crippen molar-refractivity contribution >= 4 is 11.7 Å². The average Bonchev–Trinajstić information content (AvgIpc) is 2.75. The van der Waals surface area contributed by atoms with Gasteiger partial charge in [0.1, 0.15) is 5.69 Å². The molecule has 0 atom stereocenters.